The van der Waals surface area contributed by atoms with Gasteiger partial charge in [-0.15, -0.1) is 24.8 Å². The number of hydrogen-bond donors (Lipinski definition) is 1. The number of benzene rings is 2. The van der Waals surface area contributed by atoms with Crippen LogP contribution in [0.3, 0.4) is 0 Å². The van der Waals surface area contributed by atoms with Gasteiger partial charge >= 0.3 is 0 Å². The first-order valence-electron chi connectivity index (χ1n) is 14.4. The molecule has 1 saturated heterocycles. The van der Waals surface area contributed by atoms with Gasteiger partial charge < -0.3 is 19.4 Å². The molecule has 4 aromatic rings. The number of H-pyrrole nitrogens is 1. The number of hydrogen-bond acceptors (Lipinski definition) is 7. The normalized spacial score (nSPS) is 13.8. The van der Waals surface area contributed by atoms with E-state index in [-0.39, 0.29) is 43.3 Å². The van der Waals surface area contributed by atoms with E-state index in [0.717, 1.165) is 47.1 Å². The molecule has 0 spiro atoms. The number of pyridine rings is 1. The van der Waals surface area contributed by atoms with Gasteiger partial charge in [-0.2, -0.15) is 5.26 Å². The van der Waals surface area contributed by atoms with E-state index < -0.39 is 0 Å². The Morgan fingerprint density at radius 1 is 1.05 bits per heavy atom. The van der Waals surface area contributed by atoms with Crippen LogP contribution in [0.5, 0.6) is 17.4 Å². The van der Waals surface area contributed by atoms with Crippen molar-refractivity contribution in [2.45, 2.75) is 46.1 Å². The molecule has 1 aliphatic heterocycles. The minimum Gasteiger partial charge on any atom is -0.491 e. The molecule has 1 N–H and O–H groups in total. The van der Waals surface area contributed by atoms with Crippen LogP contribution >= 0.6 is 24.8 Å². The number of unbranched alkanes of at least 4 members (excludes halogenated alkanes) is 1. The summed E-state index contributed by atoms with van der Waals surface area (Å²) in [7, 11) is 0. The summed E-state index contributed by atoms with van der Waals surface area (Å²) in [6.07, 6.45) is 4.44. The molecule has 3 heterocycles. The number of aromatic amines is 1. The third-order valence-corrected chi connectivity index (χ3v) is 7.36. The van der Waals surface area contributed by atoms with Gasteiger partial charge in [-0.25, -0.2) is 9.97 Å². The molecule has 0 saturated carbocycles. The van der Waals surface area contributed by atoms with Crippen molar-refractivity contribution in [3.05, 3.63) is 95.2 Å². The molecule has 9 nitrogen and oxygen atoms in total. The molecule has 0 bridgehead atoms. The van der Waals surface area contributed by atoms with Crippen molar-refractivity contribution in [2.75, 3.05) is 31.1 Å². The van der Waals surface area contributed by atoms with Crippen molar-refractivity contribution < 1.29 is 14.3 Å². The number of anilines is 1. The summed E-state index contributed by atoms with van der Waals surface area (Å²) in [6.45, 7) is 8.02. The summed E-state index contributed by atoms with van der Waals surface area (Å²) in [5.41, 5.74) is 3.98. The lowest BCUT2D eigenvalue weighted by molar-refractivity contribution is -0.122. The van der Waals surface area contributed by atoms with Crippen LogP contribution < -0.4 is 14.4 Å². The molecule has 11 heteroatoms. The van der Waals surface area contributed by atoms with Crippen LogP contribution in [0.4, 0.5) is 5.69 Å². The van der Waals surface area contributed by atoms with E-state index in [4.69, 9.17) is 9.47 Å². The number of piperazine rings is 1. The van der Waals surface area contributed by atoms with Crippen molar-refractivity contribution in [1.82, 2.24) is 19.9 Å². The Labute approximate surface area is 271 Å². The number of carbonyl (C=O) groups is 1. The van der Waals surface area contributed by atoms with Crippen LogP contribution in [-0.2, 0) is 11.2 Å². The summed E-state index contributed by atoms with van der Waals surface area (Å²) in [5, 5.41) is 9.71. The van der Waals surface area contributed by atoms with Crippen LogP contribution in [0.2, 0.25) is 0 Å². The lowest BCUT2D eigenvalue weighted by atomic mass is 9.99. The number of amides is 1. The number of nitrogens with zero attached hydrogens (tertiary/aromatic N) is 5. The zero-order valence-electron chi connectivity index (χ0n) is 25.2. The maximum absolute atomic E-state index is 13.6. The highest BCUT2D eigenvalue weighted by Gasteiger charge is 2.32. The van der Waals surface area contributed by atoms with E-state index in [1.165, 1.54) is 0 Å². The minimum atomic E-state index is -0.133. The molecule has 1 amide bonds. The van der Waals surface area contributed by atoms with Crippen LogP contribution in [0.25, 0.3) is 0 Å². The third kappa shape index (κ3) is 8.29. The fourth-order valence-corrected chi connectivity index (χ4v) is 5.17. The first-order chi connectivity index (χ1) is 20.4. The van der Waals surface area contributed by atoms with Gasteiger partial charge in [-0.05, 0) is 62.6 Å². The minimum absolute atomic E-state index is 0. The molecule has 1 aliphatic rings. The van der Waals surface area contributed by atoms with E-state index in [1.54, 1.807) is 12.1 Å². The average Bonchev–Trinajstić information content (AvgIpc) is 3.42. The smallest absolute Gasteiger partial charge is 0.241 e. The predicted molar refractivity (Wildman–Crippen MR) is 175 cm³/mol. The lowest BCUT2D eigenvalue weighted by Crippen LogP contribution is -2.52. The number of rotatable bonds is 11. The standard InChI is InChI=1S/C33H36N6O3.2ClH/c1-4-5-17-41-30-11-7-6-10-28(30)39-16-15-38(22-33(39)40)29(27-21-35-24(3)37-27)18-25-13-14-26(20-34)31(19-25)42-32-12-8-9-23(2)36-32;;/h6-14,19,21,29H,4-5,15-18,22H2,1-3H3,(H,35,37);2*1H. The molecular weight excluding hydrogens is 599 g/mol. The Morgan fingerprint density at radius 2 is 1.86 bits per heavy atom. The number of aromatic nitrogens is 3. The van der Waals surface area contributed by atoms with Crippen molar-refractivity contribution in [3.63, 3.8) is 0 Å². The molecule has 2 aromatic heterocycles. The monoisotopic (exact) mass is 636 g/mol. The first-order valence-corrected chi connectivity index (χ1v) is 14.4. The molecule has 0 radical (unpaired) electrons. The highest BCUT2D eigenvalue weighted by molar-refractivity contribution is 5.97. The van der Waals surface area contributed by atoms with Gasteiger partial charge in [0.1, 0.15) is 23.4 Å². The third-order valence-electron chi connectivity index (χ3n) is 7.36. The van der Waals surface area contributed by atoms with Gasteiger partial charge in [0, 0.05) is 31.0 Å². The van der Waals surface area contributed by atoms with Crippen LogP contribution in [0.1, 0.15) is 54.1 Å². The topological polar surface area (TPSA) is 107 Å². The van der Waals surface area contributed by atoms with Gasteiger partial charge in [0.15, 0.2) is 0 Å². The number of nitrogens with one attached hydrogen (secondary N) is 1. The Hall–Kier alpha value is -4.10. The fraction of sp³-hybridized carbons (Fsp3) is 0.333. The zero-order valence-corrected chi connectivity index (χ0v) is 26.8. The van der Waals surface area contributed by atoms with Crippen molar-refractivity contribution in [3.8, 4) is 23.4 Å². The van der Waals surface area contributed by atoms with Gasteiger partial charge in [0.2, 0.25) is 11.8 Å². The predicted octanol–water partition coefficient (Wildman–Crippen LogP) is 6.74. The number of halogens is 2. The van der Waals surface area contributed by atoms with Crippen LogP contribution in [-0.4, -0.2) is 52.0 Å². The van der Waals surface area contributed by atoms with Gasteiger partial charge in [-0.1, -0.05) is 37.6 Å². The SMILES string of the molecule is CCCCOc1ccccc1N1CCN(C(Cc2ccc(C#N)c(Oc3cccc(C)n3)c2)c2cnc(C)[nH]2)CC1=O.Cl.Cl. The van der Waals surface area contributed by atoms with E-state index in [0.29, 0.717) is 43.3 Å². The molecular formula is C33H38Cl2N6O3. The van der Waals surface area contributed by atoms with E-state index in [2.05, 4.69) is 32.8 Å². The molecule has 1 unspecified atom stereocenters. The Kier molecular flexibility index (Phi) is 12.6. The zero-order chi connectivity index (χ0) is 29.5. The Bertz CT molecular complexity index is 1590. The maximum Gasteiger partial charge on any atom is 0.241 e. The molecule has 232 valence electrons. The summed E-state index contributed by atoms with van der Waals surface area (Å²) >= 11 is 0. The number of imidazole rings is 1. The van der Waals surface area contributed by atoms with E-state index in [1.807, 2.05) is 73.5 Å². The quantitative estimate of drug-likeness (QED) is 0.182. The van der Waals surface area contributed by atoms with Crippen LogP contribution in [0, 0.1) is 25.2 Å². The second-order valence-electron chi connectivity index (χ2n) is 10.5. The number of nitriles is 1. The molecule has 5 rings (SSSR count). The molecule has 1 fully saturated rings. The highest BCUT2D eigenvalue weighted by Crippen LogP contribution is 2.33. The van der Waals surface area contributed by atoms with E-state index >= 15 is 0 Å². The molecule has 44 heavy (non-hydrogen) atoms. The Balaban J connectivity index is 0.00000264. The Morgan fingerprint density at radius 3 is 2.57 bits per heavy atom. The van der Waals surface area contributed by atoms with Crippen molar-refractivity contribution >= 4 is 36.4 Å². The summed E-state index contributed by atoms with van der Waals surface area (Å²) in [6, 6.07) is 21.0. The van der Waals surface area contributed by atoms with Gasteiger partial charge in [-0.3, -0.25) is 9.69 Å². The highest BCUT2D eigenvalue weighted by atomic mass is 35.5. The van der Waals surface area contributed by atoms with Gasteiger partial charge in [0.25, 0.3) is 0 Å². The number of carbonyl (C=O) groups excluding carboxylic acids is 1. The first kappa shape index (κ1) is 34.4. The van der Waals surface area contributed by atoms with Gasteiger partial charge in [0.05, 0.1) is 36.1 Å². The summed E-state index contributed by atoms with van der Waals surface area (Å²) in [4.78, 5) is 29.8. The van der Waals surface area contributed by atoms with Crippen LogP contribution in [0.15, 0.2) is 66.9 Å². The average molecular weight is 638 g/mol. The largest absolute Gasteiger partial charge is 0.491 e. The maximum atomic E-state index is 13.6. The number of ether oxygens (including phenoxy) is 2. The lowest BCUT2D eigenvalue weighted by Gasteiger charge is -2.39. The summed E-state index contributed by atoms with van der Waals surface area (Å²) < 4.78 is 12.1. The number of para-hydroxylation sites is 2. The van der Waals surface area contributed by atoms with Crippen molar-refractivity contribution in [1.29, 1.82) is 5.26 Å². The number of aryl methyl sites for hydroxylation is 2. The fourth-order valence-electron chi connectivity index (χ4n) is 5.17. The molecule has 0 aliphatic carbocycles. The van der Waals surface area contributed by atoms with Crippen molar-refractivity contribution in [2.24, 2.45) is 0 Å². The molecule has 1 atom stereocenters. The second-order valence-corrected chi connectivity index (χ2v) is 10.5. The second kappa shape index (κ2) is 16.1. The van der Waals surface area contributed by atoms with E-state index in [9.17, 15) is 10.1 Å². The summed E-state index contributed by atoms with van der Waals surface area (Å²) in [5.74, 6) is 2.45. The molecule has 2 aromatic carbocycles.